The van der Waals surface area contributed by atoms with Gasteiger partial charge in [0.2, 0.25) is 5.78 Å². The zero-order valence-corrected chi connectivity index (χ0v) is 8.75. The van der Waals surface area contributed by atoms with Crippen molar-refractivity contribution in [3.05, 3.63) is 46.7 Å². The number of hydrogen-bond acceptors (Lipinski definition) is 3. The Morgan fingerprint density at radius 1 is 1.00 bits per heavy atom. The highest BCUT2D eigenvalue weighted by Gasteiger charge is 2.32. The highest BCUT2D eigenvalue weighted by molar-refractivity contribution is 6.26. The number of Topliss-reactive ketones (excluding diaryl/α,β-unsaturated/α-hetero) is 2. The first kappa shape index (κ1) is 9.33. The predicted octanol–water partition coefficient (Wildman–Crippen LogP) is 1.70. The van der Waals surface area contributed by atoms with Crippen LogP contribution in [0.5, 0.6) is 0 Å². The van der Waals surface area contributed by atoms with E-state index in [-0.39, 0.29) is 11.6 Å². The average Bonchev–Trinajstić information content (AvgIpc) is 2.36. The van der Waals surface area contributed by atoms with Gasteiger partial charge in [-0.2, -0.15) is 0 Å². The predicted molar refractivity (Wildman–Crippen MR) is 59.4 cm³/mol. The van der Waals surface area contributed by atoms with E-state index >= 15 is 0 Å². The third-order valence-corrected chi connectivity index (χ3v) is 3.12. The molecule has 0 amide bonds. The number of rotatable bonds is 0. The van der Waals surface area contributed by atoms with Gasteiger partial charge >= 0.3 is 0 Å². The van der Waals surface area contributed by atoms with Crippen LogP contribution in [0.15, 0.2) is 35.5 Å². The molecule has 0 radical (unpaired) electrons. The van der Waals surface area contributed by atoms with E-state index in [0.29, 0.717) is 28.8 Å². The summed E-state index contributed by atoms with van der Waals surface area (Å²) in [4.78, 5) is 24.3. The van der Waals surface area contributed by atoms with E-state index in [9.17, 15) is 9.59 Å². The minimum Gasteiger partial charge on any atom is -0.382 e. The summed E-state index contributed by atoms with van der Waals surface area (Å²) in [5, 5.41) is 3.05. The Morgan fingerprint density at radius 3 is 2.44 bits per heavy atom. The number of nitrogens with one attached hydrogen (secondary N) is 1. The fourth-order valence-electron chi connectivity index (χ4n) is 2.33. The Labute approximate surface area is 93.2 Å². The van der Waals surface area contributed by atoms with Crippen molar-refractivity contribution < 1.29 is 9.59 Å². The van der Waals surface area contributed by atoms with E-state index in [4.69, 9.17) is 0 Å². The molecule has 1 aromatic carbocycles. The highest BCUT2D eigenvalue weighted by atomic mass is 16.1. The molecule has 1 aliphatic heterocycles. The van der Waals surface area contributed by atoms with Crippen molar-refractivity contribution in [2.45, 2.75) is 12.8 Å². The van der Waals surface area contributed by atoms with Crippen molar-refractivity contribution in [1.29, 1.82) is 0 Å². The molecule has 0 spiro atoms. The maximum atomic E-state index is 12.1. The first-order chi connectivity index (χ1) is 7.79. The van der Waals surface area contributed by atoms with Crippen LogP contribution in [0.1, 0.15) is 33.6 Å². The van der Waals surface area contributed by atoms with Crippen LogP contribution in [0.4, 0.5) is 0 Å². The van der Waals surface area contributed by atoms with Crippen molar-refractivity contribution in [2.75, 3.05) is 6.54 Å². The smallest absolute Gasteiger partial charge is 0.210 e. The third-order valence-electron chi connectivity index (χ3n) is 3.12. The Morgan fingerprint density at radius 2 is 1.69 bits per heavy atom. The molecule has 0 unspecified atom stereocenters. The molecule has 1 aromatic rings. The van der Waals surface area contributed by atoms with Gasteiger partial charge in [-0.05, 0) is 12.8 Å². The third kappa shape index (κ3) is 1.14. The zero-order valence-electron chi connectivity index (χ0n) is 8.75. The summed E-state index contributed by atoms with van der Waals surface area (Å²) in [6, 6.07) is 7.04. The summed E-state index contributed by atoms with van der Waals surface area (Å²) >= 11 is 0. The molecule has 0 aromatic heterocycles. The molecule has 0 saturated carbocycles. The summed E-state index contributed by atoms with van der Waals surface area (Å²) < 4.78 is 0. The van der Waals surface area contributed by atoms with Crippen LogP contribution in [0.3, 0.4) is 0 Å². The lowest BCUT2D eigenvalue weighted by atomic mass is 9.84. The molecule has 2 aliphatic rings. The molecule has 0 saturated heterocycles. The Bertz CT molecular complexity index is 481. The summed E-state index contributed by atoms with van der Waals surface area (Å²) in [7, 11) is 0. The second-order valence-corrected chi connectivity index (χ2v) is 4.09. The van der Waals surface area contributed by atoms with Crippen molar-refractivity contribution >= 4 is 11.6 Å². The van der Waals surface area contributed by atoms with Gasteiger partial charge in [0, 0.05) is 23.2 Å². The van der Waals surface area contributed by atoms with Crippen LogP contribution in [0.25, 0.3) is 0 Å². The molecule has 0 fully saturated rings. The lowest BCUT2D eigenvalue weighted by Gasteiger charge is -2.25. The lowest BCUT2D eigenvalue weighted by Crippen LogP contribution is -2.34. The zero-order chi connectivity index (χ0) is 11.1. The highest BCUT2D eigenvalue weighted by Crippen LogP contribution is 2.29. The van der Waals surface area contributed by atoms with Gasteiger partial charge in [-0.3, -0.25) is 9.59 Å². The molecular weight excluding hydrogens is 202 g/mol. The van der Waals surface area contributed by atoms with Crippen LogP contribution in [0.2, 0.25) is 0 Å². The average molecular weight is 213 g/mol. The SMILES string of the molecule is O=C1C2=C(NCCC2)C(=O)c2ccccc21. The van der Waals surface area contributed by atoms with Gasteiger partial charge < -0.3 is 5.32 Å². The van der Waals surface area contributed by atoms with Gasteiger partial charge in [0.1, 0.15) is 0 Å². The molecule has 80 valence electrons. The second-order valence-electron chi connectivity index (χ2n) is 4.09. The second kappa shape index (κ2) is 3.30. The standard InChI is InChI=1S/C13H11NO2/c15-12-8-4-1-2-5-9(8)13(16)11-10(12)6-3-7-14-11/h1-2,4-5,14H,3,6-7H2. The van der Waals surface area contributed by atoms with Crippen molar-refractivity contribution in [3.63, 3.8) is 0 Å². The topological polar surface area (TPSA) is 46.2 Å². The van der Waals surface area contributed by atoms with Crippen LogP contribution in [0, 0.1) is 0 Å². The normalized spacial score (nSPS) is 19.0. The molecule has 3 heteroatoms. The van der Waals surface area contributed by atoms with E-state index in [2.05, 4.69) is 5.32 Å². The van der Waals surface area contributed by atoms with E-state index in [1.54, 1.807) is 24.3 Å². The van der Waals surface area contributed by atoms with Crippen molar-refractivity contribution in [3.8, 4) is 0 Å². The van der Waals surface area contributed by atoms with Gasteiger partial charge in [0.15, 0.2) is 5.78 Å². The van der Waals surface area contributed by atoms with Gasteiger partial charge in [-0.1, -0.05) is 24.3 Å². The number of carbonyl (C=O) groups is 2. The molecular formula is C13H11NO2. The van der Waals surface area contributed by atoms with Crippen molar-refractivity contribution in [1.82, 2.24) is 5.32 Å². The summed E-state index contributed by atoms with van der Waals surface area (Å²) in [6.07, 6.45) is 1.63. The fourth-order valence-corrected chi connectivity index (χ4v) is 2.33. The fraction of sp³-hybridized carbons (Fsp3) is 0.231. The quantitative estimate of drug-likeness (QED) is 0.713. The minimum absolute atomic E-state index is 0.0115. The summed E-state index contributed by atoms with van der Waals surface area (Å²) in [5.41, 5.74) is 2.26. The van der Waals surface area contributed by atoms with Gasteiger partial charge in [0.05, 0.1) is 5.70 Å². The molecule has 1 N–H and O–H groups in total. The molecule has 3 rings (SSSR count). The summed E-state index contributed by atoms with van der Waals surface area (Å²) in [6.45, 7) is 0.778. The number of fused-ring (bicyclic) bond motifs is 1. The monoisotopic (exact) mass is 213 g/mol. The summed E-state index contributed by atoms with van der Waals surface area (Å²) in [5.74, 6) is -0.0256. The number of allylic oxidation sites excluding steroid dienone is 2. The van der Waals surface area contributed by atoms with E-state index < -0.39 is 0 Å². The molecule has 0 bridgehead atoms. The van der Waals surface area contributed by atoms with E-state index in [1.165, 1.54) is 0 Å². The molecule has 0 atom stereocenters. The number of ketones is 2. The first-order valence-corrected chi connectivity index (χ1v) is 5.44. The van der Waals surface area contributed by atoms with Crippen molar-refractivity contribution in [2.24, 2.45) is 0 Å². The first-order valence-electron chi connectivity index (χ1n) is 5.44. The maximum Gasteiger partial charge on any atom is 0.210 e. The Kier molecular flexibility index (Phi) is 1.93. The minimum atomic E-state index is -0.0371. The van der Waals surface area contributed by atoms with Gasteiger partial charge in [-0.15, -0.1) is 0 Å². The number of carbonyl (C=O) groups excluding carboxylic acids is 2. The molecule has 3 nitrogen and oxygen atoms in total. The van der Waals surface area contributed by atoms with Gasteiger partial charge in [-0.25, -0.2) is 0 Å². The number of benzene rings is 1. The van der Waals surface area contributed by atoms with Crippen LogP contribution < -0.4 is 5.32 Å². The maximum absolute atomic E-state index is 12.1. The number of hydrogen-bond donors (Lipinski definition) is 1. The Hall–Kier alpha value is -1.90. The molecule has 16 heavy (non-hydrogen) atoms. The lowest BCUT2D eigenvalue weighted by molar-refractivity contribution is 0.0961. The molecule has 1 heterocycles. The van der Waals surface area contributed by atoms with Gasteiger partial charge in [0.25, 0.3) is 0 Å². The van der Waals surface area contributed by atoms with E-state index in [1.807, 2.05) is 0 Å². The molecule has 1 aliphatic carbocycles. The van der Waals surface area contributed by atoms with Crippen LogP contribution >= 0.6 is 0 Å². The largest absolute Gasteiger partial charge is 0.382 e. The van der Waals surface area contributed by atoms with Crippen LogP contribution in [-0.4, -0.2) is 18.1 Å². The van der Waals surface area contributed by atoms with Crippen LogP contribution in [-0.2, 0) is 0 Å². The van der Waals surface area contributed by atoms with E-state index in [0.717, 1.165) is 13.0 Å². The Balaban J connectivity index is 2.22.